The number of nitrogens with zero attached hydrogens (tertiary/aromatic N) is 3. The van der Waals surface area contributed by atoms with Crippen LogP contribution < -0.4 is 10.6 Å². The van der Waals surface area contributed by atoms with Gasteiger partial charge in [0, 0.05) is 35.6 Å². The zero-order valence-electron chi connectivity index (χ0n) is 17.7. The number of aromatic nitrogens is 2. The number of carbonyl (C=O) groups is 1. The van der Waals surface area contributed by atoms with Gasteiger partial charge in [-0.25, -0.2) is 4.98 Å². The highest BCUT2D eigenvalue weighted by atomic mass is 79.9. The second-order valence-corrected chi connectivity index (χ2v) is 8.30. The fourth-order valence-corrected chi connectivity index (χ4v) is 3.99. The average molecular weight is 518 g/mol. The van der Waals surface area contributed by atoms with Crippen molar-refractivity contribution in [3.8, 4) is 0 Å². The number of fused-ring (bicyclic) bond motifs is 1. The van der Waals surface area contributed by atoms with E-state index in [1.165, 1.54) is 6.07 Å². The van der Waals surface area contributed by atoms with Gasteiger partial charge in [0.2, 0.25) is 0 Å². The Bertz CT molecular complexity index is 1260. The number of rotatable bonds is 4. The molecule has 0 spiro atoms. The van der Waals surface area contributed by atoms with Crippen molar-refractivity contribution in [1.29, 1.82) is 0 Å². The molecule has 0 aliphatic carbocycles. The molecule has 4 rings (SSSR count). The van der Waals surface area contributed by atoms with E-state index in [1.54, 1.807) is 12.1 Å². The lowest BCUT2D eigenvalue weighted by molar-refractivity contribution is -0.141. The van der Waals surface area contributed by atoms with Crippen LogP contribution in [0.1, 0.15) is 38.4 Å². The van der Waals surface area contributed by atoms with Crippen LogP contribution >= 0.6 is 16.1 Å². The Kier molecular flexibility index (Phi) is 6.11. The molecule has 2 aromatic heterocycles. The number of pyridine rings is 2. The van der Waals surface area contributed by atoms with Crippen molar-refractivity contribution in [1.82, 2.24) is 13.9 Å². The molecule has 0 saturated carbocycles. The Balaban J connectivity index is 1.63. The largest absolute Gasteiger partial charge is 0.433 e. The summed E-state index contributed by atoms with van der Waals surface area (Å²) in [7, 11) is 1.81. The zero-order chi connectivity index (χ0) is 23.8. The molecular formula is C23H19BrF3N5O. The number of amides is 1. The minimum atomic E-state index is -4.63. The highest BCUT2D eigenvalue weighted by Crippen LogP contribution is 2.35. The first kappa shape index (κ1) is 22.8. The van der Waals surface area contributed by atoms with Gasteiger partial charge >= 0.3 is 6.18 Å². The first-order valence-corrected chi connectivity index (χ1v) is 10.6. The minimum absolute atomic E-state index is 0.126. The summed E-state index contributed by atoms with van der Waals surface area (Å²) in [6.45, 7) is 2.48. The number of carbonyl (C=O) groups excluding carboxylic acids is 1. The number of alkyl halides is 3. The summed E-state index contributed by atoms with van der Waals surface area (Å²) in [5, 5.41) is 5.70. The van der Waals surface area contributed by atoms with Gasteiger partial charge in [-0.15, -0.1) is 0 Å². The second kappa shape index (κ2) is 8.86. The molecular weight excluding hydrogens is 499 g/mol. The van der Waals surface area contributed by atoms with E-state index < -0.39 is 17.8 Å². The third-order valence-corrected chi connectivity index (χ3v) is 5.82. The van der Waals surface area contributed by atoms with Crippen LogP contribution in [0.15, 0.2) is 48.7 Å². The van der Waals surface area contributed by atoms with Crippen LogP contribution in [0.4, 0.5) is 24.7 Å². The highest BCUT2D eigenvalue weighted by molar-refractivity contribution is 9.07. The number of halogens is 4. The highest BCUT2D eigenvalue weighted by Gasteiger charge is 2.33. The number of nitrogens with one attached hydrogen (secondary N) is 2. The number of aryl methyl sites for hydroxylation is 1. The number of hydrogen-bond donors (Lipinski definition) is 2. The molecule has 1 aromatic carbocycles. The molecule has 0 fully saturated rings. The predicted octanol–water partition coefficient (Wildman–Crippen LogP) is 5.72. The van der Waals surface area contributed by atoms with Crippen molar-refractivity contribution in [3.05, 3.63) is 82.3 Å². The smallest absolute Gasteiger partial charge is 0.373 e. The van der Waals surface area contributed by atoms with E-state index in [1.807, 2.05) is 42.2 Å². The first-order valence-electron chi connectivity index (χ1n) is 9.94. The van der Waals surface area contributed by atoms with Gasteiger partial charge in [0.05, 0.1) is 34.1 Å². The van der Waals surface area contributed by atoms with Gasteiger partial charge in [0.15, 0.2) is 0 Å². The summed E-state index contributed by atoms with van der Waals surface area (Å²) in [6.07, 6.45) is -1.66. The quantitative estimate of drug-likeness (QED) is 0.433. The third kappa shape index (κ3) is 4.85. The summed E-state index contributed by atoms with van der Waals surface area (Å²) in [5.74, 6) is 0.123. The van der Waals surface area contributed by atoms with Gasteiger partial charge in [-0.05, 0) is 55.0 Å². The number of benzene rings is 1. The Hall–Kier alpha value is -3.40. The van der Waals surface area contributed by atoms with Gasteiger partial charge in [-0.1, -0.05) is 6.07 Å². The molecule has 0 bridgehead atoms. The molecule has 0 radical (unpaired) electrons. The van der Waals surface area contributed by atoms with Crippen LogP contribution in [-0.2, 0) is 12.7 Å². The Morgan fingerprint density at radius 2 is 1.94 bits per heavy atom. The Labute approximate surface area is 196 Å². The molecule has 6 nitrogen and oxygen atoms in total. The van der Waals surface area contributed by atoms with Crippen LogP contribution in [0.5, 0.6) is 0 Å². The normalized spacial score (nSPS) is 13.3. The SMILES string of the molecule is CNc1ccc2c(n1)CN(Br)C(c1cc(NC(=O)c3ccnc(C(F)(F)F)c3)ccc1C)=C2. The molecule has 2 N–H and O–H groups in total. The predicted molar refractivity (Wildman–Crippen MR) is 124 cm³/mol. The average Bonchev–Trinajstić information content (AvgIpc) is 2.79. The maximum Gasteiger partial charge on any atom is 0.433 e. The van der Waals surface area contributed by atoms with Crippen molar-refractivity contribution >= 4 is 45.3 Å². The van der Waals surface area contributed by atoms with E-state index in [4.69, 9.17) is 0 Å². The fourth-order valence-electron chi connectivity index (χ4n) is 3.46. The molecule has 1 amide bonds. The van der Waals surface area contributed by atoms with Crippen molar-refractivity contribution in [3.63, 3.8) is 0 Å². The van der Waals surface area contributed by atoms with Crippen LogP contribution in [0, 0.1) is 6.92 Å². The monoisotopic (exact) mass is 517 g/mol. The van der Waals surface area contributed by atoms with Gasteiger partial charge in [0.25, 0.3) is 5.91 Å². The summed E-state index contributed by atoms with van der Waals surface area (Å²) >= 11 is 3.58. The molecule has 1 aliphatic rings. The second-order valence-electron chi connectivity index (χ2n) is 7.44. The lowest BCUT2D eigenvalue weighted by atomic mass is 9.99. The zero-order valence-corrected chi connectivity index (χ0v) is 19.3. The van der Waals surface area contributed by atoms with E-state index in [0.29, 0.717) is 12.2 Å². The number of anilines is 2. The van der Waals surface area contributed by atoms with Gasteiger partial charge in [-0.2, -0.15) is 13.2 Å². The molecule has 3 aromatic rings. The summed E-state index contributed by atoms with van der Waals surface area (Å²) in [5.41, 5.74) is 3.80. The van der Waals surface area contributed by atoms with Crippen molar-refractivity contribution in [2.75, 3.05) is 17.7 Å². The van der Waals surface area contributed by atoms with Gasteiger partial charge < -0.3 is 14.6 Å². The van der Waals surface area contributed by atoms with Crippen LogP contribution in [0.2, 0.25) is 0 Å². The molecule has 0 unspecified atom stereocenters. The molecule has 10 heteroatoms. The molecule has 0 atom stereocenters. The van der Waals surface area contributed by atoms with Crippen molar-refractivity contribution in [2.45, 2.75) is 19.6 Å². The van der Waals surface area contributed by atoms with Gasteiger partial charge in [-0.3, -0.25) is 9.78 Å². The van der Waals surface area contributed by atoms with Crippen LogP contribution in [0.3, 0.4) is 0 Å². The minimum Gasteiger partial charge on any atom is -0.373 e. The molecule has 33 heavy (non-hydrogen) atoms. The number of hydrogen-bond acceptors (Lipinski definition) is 5. The fraction of sp³-hybridized carbons (Fsp3) is 0.174. The van der Waals surface area contributed by atoms with E-state index in [-0.39, 0.29) is 5.56 Å². The lowest BCUT2D eigenvalue weighted by Gasteiger charge is -2.27. The van der Waals surface area contributed by atoms with Crippen LogP contribution in [0.25, 0.3) is 11.8 Å². The van der Waals surface area contributed by atoms with Crippen LogP contribution in [-0.4, -0.2) is 26.8 Å². The van der Waals surface area contributed by atoms with Crippen molar-refractivity contribution < 1.29 is 18.0 Å². The van der Waals surface area contributed by atoms with Crippen molar-refractivity contribution in [2.24, 2.45) is 0 Å². The Morgan fingerprint density at radius 3 is 2.67 bits per heavy atom. The molecule has 3 heterocycles. The summed E-state index contributed by atoms with van der Waals surface area (Å²) in [6, 6.07) is 11.2. The third-order valence-electron chi connectivity index (χ3n) is 5.19. The van der Waals surface area contributed by atoms with E-state index in [9.17, 15) is 18.0 Å². The standard InChI is InChI=1S/C23H19BrF3N5O/c1-13-3-5-16(30-22(33)15-7-8-29-20(10-15)23(25,26)27)11-17(13)19-9-14-4-6-21(28-2)31-18(14)12-32(19)24/h3-11H,12H2,1-2H3,(H,28,31)(H,30,33). The lowest BCUT2D eigenvalue weighted by Crippen LogP contribution is -2.18. The van der Waals surface area contributed by atoms with E-state index in [0.717, 1.165) is 46.2 Å². The summed E-state index contributed by atoms with van der Waals surface area (Å²) < 4.78 is 40.7. The summed E-state index contributed by atoms with van der Waals surface area (Å²) in [4.78, 5) is 20.5. The van der Waals surface area contributed by atoms with E-state index in [2.05, 4.69) is 36.7 Å². The first-order chi connectivity index (χ1) is 15.7. The van der Waals surface area contributed by atoms with Gasteiger partial charge in [0.1, 0.15) is 11.5 Å². The maximum absolute atomic E-state index is 12.9. The topological polar surface area (TPSA) is 70.2 Å². The Morgan fingerprint density at radius 1 is 1.15 bits per heavy atom. The maximum atomic E-state index is 12.9. The molecule has 1 aliphatic heterocycles. The molecule has 0 saturated heterocycles. The molecule has 170 valence electrons. The van der Waals surface area contributed by atoms with E-state index >= 15 is 0 Å².